The Morgan fingerprint density at radius 2 is 1.71 bits per heavy atom. The Hall–Kier alpha value is -1.41. The molecule has 2 heterocycles. The summed E-state index contributed by atoms with van der Waals surface area (Å²) in [5, 5.41) is 16.5. The molecule has 21 heavy (non-hydrogen) atoms. The van der Waals surface area contributed by atoms with E-state index in [0.29, 0.717) is 0 Å². The summed E-state index contributed by atoms with van der Waals surface area (Å²) in [5.41, 5.74) is -0.263. The Morgan fingerprint density at radius 1 is 1.14 bits per heavy atom. The summed E-state index contributed by atoms with van der Waals surface area (Å²) in [6, 6.07) is 0. The molecule has 0 spiro atoms. The van der Waals surface area contributed by atoms with Gasteiger partial charge in [-0.25, -0.2) is 4.48 Å². The van der Waals surface area contributed by atoms with E-state index >= 15 is 0 Å². The predicted octanol–water partition coefficient (Wildman–Crippen LogP) is 3.26. The average molecular weight is 404 g/mol. The topological polar surface area (TPSA) is 74.6 Å². The second kappa shape index (κ2) is 6.57. The average Bonchev–Trinajstić information content (AvgIpc) is 2.78. The van der Waals surface area contributed by atoms with Crippen LogP contribution in [-0.4, -0.2) is 33.2 Å². The van der Waals surface area contributed by atoms with Gasteiger partial charge >= 0.3 is 11.9 Å². The minimum absolute atomic E-state index is 0.898. The molecular formula is C15H19INO4+. The van der Waals surface area contributed by atoms with Crippen LogP contribution < -0.4 is 0 Å². The molecule has 0 radical (unpaired) electrons. The van der Waals surface area contributed by atoms with E-state index in [1.807, 2.05) is 0 Å². The lowest BCUT2D eigenvalue weighted by Crippen LogP contribution is -2.34. The maximum Gasteiger partial charge on any atom is 0.320 e. The third-order valence-electron chi connectivity index (χ3n) is 3.49. The summed E-state index contributed by atoms with van der Waals surface area (Å²) in [5.74, 6) is -2.65. The molecule has 0 saturated carbocycles. The lowest BCUT2D eigenvalue weighted by Gasteiger charge is -2.28. The normalized spacial score (nSPS) is 22.7. The number of rotatable bonds is 3. The number of carbonyl (C=O) groups is 2. The van der Waals surface area contributed by atoms with Crippen molar-refractivity contribution >= 4 is 34.5 Å². The summed E-state index contributed by atoms with van der Waals surface area (Å²) in [4.78, 5) is 20.2. The third kappa shape index (κ3) is 3.62. The zero-order valence-electron chi connectivity index (χ0n) is 12.2. The molecule has 2 N–H and O–H groups in total. The molecule has 2 rings (SSSR count). The SMILES string of the molecule is CC(C)(C(=O)O)C(=O)O.CC[N+]12C=CC=CC1=C(I)C=C2. The third-order valence-corrected chi connectivity index (χ3v) is 4.40. The van der Waals surface area contributed by atoms with Gasteiger partial charge in [-0.2, -0.15) is 0 Å². The van der Waals surface area contributed by atoms with Gasteiger partial charge < -0.3 is 10.2 Å². The second-order valence-corrected chi connectivity index (χ2v) is 6.39. The molecule has 2 aliphatic heterocycles. The molecule has 0 aromatic heterocycles. The standard InChI is InChI=1S/C10H11IN.C5H8O4/c1-2-12-7-4-3-5-10(12)9(11)6-8-12;1-5(2,3(6)7)4(8)9/h3-8H,2H2,1H3;1-2H3,(H,6,7)(H,8,9)/q+1;. The smallest absolute Gasteiger partial charge is 0.320 e. The van der Waals surface area contributed by atoms with Gasteiger partial charge in [0.25, 0.3) is 0 Å². The monoisotopic (exact) mass is 404 g/mol. The highest BCUT2D eigenvalue weighted by Crippen LogP contribution is 2.35. The first-order valence-electron chi connectivity index (χ1n) is 6.47. The fourth-order valence-corrected chi connectivity index (χ4v) is 2.52. The molecule has 1 unspecified atom stereocenters. The van der Waals surface area contributed by atoms with E-state index in [-0.39, 0.29) is 0 Å². The van der Waals surface area contributed by atoms with E-state index in [0.717, 1.165) is 24.9 Å². The first kappa shape index (κ1) is 17.6. The van der Waals surface area contributed by atoms with Crippen LogP contribution in [0.25, 0.3) is 0 Å². The van der Waals surface area contributed by atoms with E-state index in [2.05, 4.69) is 66.2 Å². The molecule has 0 aliphatic carbocycles. The maximum absolute atomic E-state index is 10.1. The molecule has 6 heteroatoms. The van der Waals surface area contributed by atoms with Gasteiger partial charge in [-0.15, -0.1) is 0 Å². The van der Waals surface area contributed by atoms with Gasteiger partial charge in [0.05, 0.1) is 10.1 Å². The Bertz CT molecular complexity index is 556. The van der Waals surface area contributed by atoms with Crippen LogP contribution in [0.4, 0.5) is 0 Å². The molecule has 5 nitrogen and oxygen atoms in total. The molecule has 0 fully saturated rings. The number of fused-ring (bicyclic) bond motifs is 1. The minimum Gasteiger partial charge on any atom is -0.480 e. The van der Waals surface area contributed by atoms with E-state index < -0.39 is 17.4 Å². The van der Waals surface area contributed by atoms with E-state index in [1.54, 1.807) is 0 Å². The summed E-state index contributed by atoms with van der Waals surface area (Å²) in [7, 11) is 0. The van der Waals surface area contributed by atoms with Crippen molar-refractivity contribution in [3.63, 3.8) is 0 Å². The van der Waals surface area contributed by atoms with E-state index in [4.69, 9.17) is 10.2 Å². The van der Waals surface area contributed by atoms with Crippen molar-refractivity contribution in [2.24, 2.45) is 5.41 Å². The molecule has 1 atom stereocenters. The highest BCUT2D eigenvalue weighted by atomic mass is 127. The van der Waals surface area contributed by atoms with Crippen LogP contribution in [-0.2, 0) is 9.59 Å². The van der Waals surface area contributed by atoms with Gasteiger partial charge in [0.2, 0.25) is 0 Å². The molecule has 0 bridgehead atoms. The highest BCUT2D eigenvalue weighted by molar-refractivity contribution is 14.1. The predicted molar refractivity (Wildman–Crippen MR) is 88.3 cm³/mol. The van der Waals surface area contributed by atoms with Gasteiger partial charge in [0.15, 0.2) is 11.1 Å². The van der Waals surface area contributed by atoms with Crippen molar-refractivity contribution in [3.8, 4) is 0 Å². The van der Waals surface area contributed by atoms with E-state index in [1.165, 1.54) is 9.28 Å². The Morgan fingerprint density at radius 3 is 2.10 bits per heavy atom. The largest absolute Gasteiger partial charge is 0.480 e. The number of hydrogen-bond acceptors (Lipinski definition) is 2. The molecular weight excluding hydrogens is 385 g/mol. The van der Waals surface area contributed by atoms with Crippen LogP contribution >= 0.6 is 22.6 Å². The highest BCUT2D eigenvalue weighted by Gasteiger charge is 2.35. The zero-order valence-corrected chi connectivity index (χ0v) is 14.4. The molecule has 114 valence electrons. The first-order chi connectivity index (χ1) is 9.67. The van der Waals surface area contributed by atoms with Gasteiger partial charge in [-0.05, 0) is 49.4 Å². The summed E-state index contributed by atoms with van der Waals surface area (Å²) in [6.07, 6.45) is 13.1. The Kier molecular flexibility index (Phi) is 5.52. The number of halogens is 1. The summed E-state index contributed by atoms with van der Waals surface area (Å²) >= 11 is 2.39. The number of carboxylic acids is 2. The van der Waals surface area contributed by atoms with Crippen molar-refractivity contribution in [1.82, 2.24) is 0 Å². The quantitative estimate of drug-likeness (QED) is 0.430. The Balaban J connectivity index is 0.000000222. The van der Waals surface area contributed by atoms with Crippen molar-refractivity contribution < 1.29 is 24.3 Å². The van der Waals surface area contributed by atoms with Gasteiger partial charge in [-0.3, -0.25) is 9.59 Å². The number of hydrogen-bond donors (Lipinski definition) is 2. The van der Waals surface area contributed by atoms with Crippen molar-refractivity contribution in [1.29, 1.82) is 0 Å². The fourth-order valence-electron chi connectivity index (χ4n) is 1.73. The van der Waals surface area contributed by atoms with Crippen LogP contribution in [0.1, 0.15) is 20.8 Å². The number of nitrogens with zero attached hydrogens (tertiary/aromatic N) is 1. The Labute approximate surface area is 137 Å². The van der Waals surface area contributed by atoms with Gasteiger partial charge in [-0.1, -0.05) is 6.08 Å². The number of allylic oxidation sites excluding steroid dienone is 5. The van der Waals surface area contributed by atoms with Crippen molar-refractivity contribution in [3.05, 3.63) is 46.0 Å². The van der Waals surface area contributed by atoms with E-state index in [9.17, 15) is 9.59 Å². The van der Waals surface area contributed by atoms with Crippen LogP contribution in [0, 0.1) is 5.41 Å². The van der Waals surface area contributed by atoms with Crippen molar-refractivity contribution in [2.75, 3.05) is 6.54 Å². The van der Waals surface area contributed by atoms with Crippen LogP contribution in [0.2, 0.25) is 0 Å². The van der Waals surface area contributed by atoms with Crippen LogP contribution in [0.5, 0.6) is 0 Å². The second-order valence-electron chi connectivity index (χ2n) is 5.23. The first-order valence-corrected chi connectivity index (χ1v) is 7.55. The van der Waals surface area contributed by atoms with Gasteiger partial charge in [0.1, 0.15) is 12.4 Å². The maximum atomic E-state index is 10.1. The van der Waals surface area contributed by atoms with Crippen LogP contribution in [0.15, 0.2) is 46.0 Å². The van der Waals surface area contributed by atoms with Gasteiger partial charge in [0, 0.05) is 12.2 Å². The lowest BCUT2D eigenvalue weighted by molar-refractivity contribution is -0.780. The number of quaternary nitrogens is 1. The summed E-state index contributed by atoms with van der Waals surface area (Å²) in [6.45, 7) is 5.58. The molecule has 0 saturated heterocycles. The number of carboxylic acid groups (broad SMARTS) is 2. The molecule has 2 aliphatic rings. The molecule has 0 aromatic rings. The minimum atomic E-state index is -1.67. The molecule has 0 amide bonds. The number of aliphatic carboxylic acids is 2. The fraction of sp³-hybridized carbons (Fsp3) is 0.333. The van der Waals surface area contributed by atoms with Crippen molar-refractivity contribution in [2.45, 2.75) is 20.8 Å². The molecule has 0 aromatic carbocycles. The number of likely N-dealkylation sites (N-methyl/N-ethyl adjacent to an activating group) is 1. The van der Waals surface area contributed by atoms with Crippen LogP contribution in [0.3, 0.4) is 0 Å². The lowest BCUT2D eigenvalue weighted by atomic mass is 9.95. The summed E-state index contributed by atoms with van der Waals surface area (Å²) < 4.78 is 2.25. The zero-order chi connectivity index (χ0) is 16.3.